The minimum absolute atomic E-state index is 0. The highest BCUT2D eigenvalue weighted by Gasteiger charge is 2.23. The number of nitrogens with one attached hydrogen (secondary N) is 2. The first-order valence-corrected chi connectivity index (χ1v) is 12.1. The molecule has 1 heterocycles. The summed E-state index contributed by atoms with van der Waals surface area (Å²) in [5.74, 6) is 0.493. The number of ether oxygens (including phenoxy) is 1. The first-order valence-electron chi connectivity index (χ1n) is 10.1. The van der Waals surface area contributed by atoms with Crippen LogP contribution in [0.15, 0.2) is 29.3 Å². The van der Waals surface area contributed by atoms with Gasteiger partial charge in [0.25, 0.3) is 0 Å². The van der Waals surface area contributed by atoms with E-state index in [4.69, 9.17) is 9.73 Å². The summed E-state index contributed by atoms with van der Waals surface area (Å²) in [4.78, 5) is 6.98. The smallest absolute Gasteiger partial charge is 0.191 e. The molecule has 7 nitrogen and oxygen atoms in total. The van der Waals surface area contributed by atoms with Gasteiger partial charge < -0.3 is 15.4 Å². The minimum atomic E-state index is -3.00. The summed E-state index contributed by atoms with van der Waals surface area (Å²) >= 11 is 0. The van der Waals surface area contributed by atoms with E-state index in [0.29, 0.717) is 38.7 Å². The van der Waals surface area contributed by atoms with Gasteiger partial charge in [-0.25, -0.2) is 12.8 Å². The van der Waals surface area contributed by atoms with Crippen molar-refractivity contribution in [2.75, 3.05) is 51.4 Å². The van der Waals surface area contributed by atoms with Gasteiger partial charge in [0.1, 0.15) is 15.7 Å². The normalized spacial score (nSPS) is 17.7. The highest BCUT2D eigenvalue weighted by Crippen LogP contribution is 2.23. The molecule has 1 saturated heterocycles. The van der Waals surface area contributed by atoms with Gasteiger partial charge in [0.05, 0.1) is 31.6 Å². The number of benzene rings is 1. The van der Waals surface area contributed by atoms with Gasteiger partial charge in [-0.15, -0.1) is 24.0 Å². The third-order valence-corrected chi connectivity index (χ3v) is 5.77. The summed E-state index contributed by atoms with van der Waals surface area (Å²) in [6, 6.07) is 6.55. The number of morpholine rings is 1. The first-order chi connectivity index (χ1) is 13.8. The maximum Gasteiger partial charge on any atom is 0.191 e. The third-order valence-electron chi connectivity index (χ3n) is 4.79. The molecule has 0 aliphatic carbocycles. The van der Waals surface area contributed by atoms with E-state index >= 15 is 0 Å². The van der Waals surface area contributed by atoms with Crippen LogP contribution in [0.2, 0.25) is 0 Å². The number of hydrogen-bond donors (Lipinski definition) is 2. The Hall–Kier alpha value is -0.980. The molecule has 2 unspecified atom stereocenters. The van der Waals surface area contributed by atoms with Crippen LogP contribution in [0.5, 0.6) is 0 Å². The molecule has 0 amide bonds. The predicted octanol–water partition coefficient (Wildman–Crippen LogP) is 2.20. The number of rotatable bonds is 9. The van der Waals surface area contributed by atoms with E-state index in [-0.39, 0.29) is 47.6 Å². The van der Waals surface area contributed by atoms with Gasteiger partial charge in [-0.3, -0.25) is 9.89 Å². The summed E-state index contributed by atoms with van der Waals surface area (Å²) in [7, 11) is -3.00. The van der Waals surface area contributed by atoms with E-state index in [1.807, 2.05) is 19.9 Å². The summed E-state index contributed by atoms with van der Waals surface area (Å²) in [6.07, 6.45) is 1.74. The molecule has 0 spiro atoms. The maximum atomic E-state index is 13.8. The number of aliphatic imine (C=N–C) groups is 1. The lowest BCUT2D eigenvalue weighted by Gasteiger charge is -2.34. The van der Waals surface area contributed by atoms with Crippen molar-refractivity contribution in [2.45, 2.75) is 32.4 Å². The van der Waals surface area contributed by atoms with Gasteiger partial charge in [-0.2, -0.15) is 0 Å². The van der Waals surface area contributed by atoms with Crippen LogP contribution in [0.25, 0.3) is 0 Å². The average Bonchev–Trinajstić information content (AvgIpc) is 2.67. The van der Waals surface area contributed by atoms with Crippen LogP contribution in [0.3, 0.4) is 0 Å². The monoisotopic (exact) mass is 556 g/mol. The summed E-state index contributed by atoms with van der Waals surface area (Å²) in [6.45, 7) is 7.89. The molecule has 2 rings (SSSR count). The van der Waals surface area contributed by atoms with Crippen molar-refractivity contribution in [3.8, 4) is 0 Å². The van der Waals surface area contributed by atoms with Crippen molar-refractivity contribution in [1.82, 2.24) is 15.5 Å². The summed E-state index contributed by atoms with van der Waals surface area (Å²) in [5.41, 5.74) is 0.886. The summed E-state index contributed by atoms with van der Waals surface area (Å²) in [5, 5.41) is 6.47. The Morgan fingerprint density at radius 1 is 1.33 bits per heavy atom. The molecular weight excluding hydrogens is 522 g/mol. The van der Waals surface area contributed by atoms with Gasteiger partial charge in [-0.05, 0) is 38.0 Å². The maximum absolute atomic E-state index is 13.8. The highest BCUT2D eigenvalue weighted by atomic mass is 127. The molecule has 10 heteroatoms. The minimum Gasteiger partial charge on any atom is -0.379 e. The van der Waals surface area contributed by atoms with E-state index in [1.54, 1.807) is 12.1 Å². The number of guanidine groups is 1. The second-order valence-corrected chi connectivity index (χ2v) is 9.66. The van der Waals surface area contributed by atoms with E-state index in [1.165, 1.54) is 12.3 Å². The van der Waals surface area contributed by atoms with Gasteiger partial charge in [0.15, 0.2) is 5.96 Å². The van der Waals surface area contributed by atoms with Gasteiger partial charge in [-0.1, -0.05) is 12.1 Å². The number of halogens is 2. The lowest BCUT2D eigenvalue weighted by Crippen LogP contribution is -2.44. The van der Waals surface area contributed by atoms with Crippen LogP contribution < -0.4 is 10.6 Å². The van der Waals surface area contributed by atoms with Crippen LogP contribution in [0, 0.1) is 5.82 Å². The number of nitrogens with zero attached hydrogens (tertiary/aromatic N) is 2. The standard InChI is InChI=1S/C20H33FN4O3S.HI/c1-4-22-20(24-16(2)8-13-29(3,26)27)23-15-19(25-9-11-28-12-10-25)17-6-5-7-18(21)14-17;/h5-7,14,16,19H,4,8-13,15H2,1-3H3,(H2,22,23,24);1H. The highest BCUT2D eigenvalue weighted by molar-refractivity contribution is 14.0. The molecule has 30 heavy (non-hydrogen) atoms. The van der Waals surface area contributed by atoms with Crippen LogP contribution in [0.1, 0.15) is 31.9 Å². The SMILES string of the molecule is CCNC(=NCC(c1cccc(F)c1)N1CCOCC1)NC(C)CCS(C)(=O)=O.I. The van der Waals surface area contributed by atoms with Crippen LogP contribution >= 0.6 is 24.0 Å². The van der Waals surface area contributed by atoms with Crippen molar-refractivity contribution in [3.63, 3.8) is 0 Å². The molecule has 0 bridgehead atoms. The van der Waals surface area contributed by atoms with Crippen LogP contribution in [-0.4, -0.2) is 76.7 Å². The van der Waals surface area contributed by atoms with Crippen molar-refractivity contribution >= 4 is 39.8 Å². The third kappa shape index (κ3) is 9.88. The molecule has 172 valence electrons. The van der Waals surface area contributed by atoms with E-state index in [2.05, 4.69) is 15.5 Å². The number of hydrogen-bond acceptors (Lipinski definition) is 5. The average molecular weight is 556 g/mol. The first kappa shape index (κ1) is 27.1. The Morgan fingerprint density at radius 2 is 2.03 bits per heavy atom. The molecule has 2 N–H and O–H groups in total. The van der Waals surface area contributed by atoms with Crippen molar-refractivity contribution in [3.05, 3.63) is 35.6 Å². The molecular formula is C20H34FIN4O3S. The quantitative estimate of drug-likeness (QED) is 0.276. The zero-order chi connectivity index (χ0) is 21.3. The second kappa shape index (κ2) is 13.4. The fourth-order valence-corrected chi connectivity index (χ4v) is 4.01. The molecule has 1 aromatic carbocycles. The van der Waals surface area contributed by atoms with Crippen LogP contribution in [-0.2, 0) is 14.6 Å². The Balaban J connectivity index is 0.00000450. The second-order valence-electron chi connectivity index (χ2n) is 7.40. The molecule has 2 atom stereocenters. The zero-order valence-electron chi connectivity index (χ0n) is 17.9. The van der Waals surface area contributed by atoms with Crippen LogP contribution in [0.4, 0.5) is 4.39 Å². The van der Waals surface area contributed by atoms with Crippen molar-refractivity contribution < 1.29 is 17.5 Å². The van der Waals surface area contributed by atoms with Gasteiger partial charge in [0, 0.05) is 31.9 Å². The molecule has 0 radical (unpaired) electrons. The number of sulfone groups is 1. The van der Waals surface area contributed by atoms with E-state index < -0.39 is 9.84 Å². The molecule has 1 aromatic rings. The van der Waals surface area contributed by atoms with Gasteiger partial charge in [0.2, 0.25) is 0 Å². The fraction of sp³-hybridized carbons (Fsp3) is 0.650. The molecule has 1 fully saturated rings. The summed E-state index contributed by atoms with van der Waals surface area (Å²) < 4.78 is 42.1. The lowest BCUT2D eigenvalue weighted by atomic mass is 10.0. The predicted molar refractivity (Wildman–Crippen MR) is 130 cm³/mol. The Morgan fingerprint density at radius 3 is 2.63 bits per heavy atom. The topological polar surface area (TPSA) is 83.0 Å². The Labute approximate surface area is 196 Å². The lowest BCUT2D eigenvalue weighted by molar-refractivity contribution is 0.0179. The molecule has 0 saturated carbocycles. The largest absolute Gasteiger partial charge is 0.379 e. The fourth-order valence-electron chi connectivity index (χ4n) is 3.23. The Bertz CT molecular complexity index is 773. The van der Waals surface area contributed by atoms with Crippen molar-refractivity contribution in [2.24, 2.45) is 4.99 Å². The zero-order valence-corrected chi connectivity index (χ0v) is 21.1. The van der Waals surface area contributed by atoms with E-state index in [9.17, 15) is 12.8 Å². The van der Waals surface area contributed by atoms with Gasteiger partial charge >= 0.3 is 0 Å². The van der Waals surface area contributed by atoms with Crippen molar-refractivity contribution in [1.29, 1.82) is 0 Å². The Kier molecular flexibility index (Phi) is 12.1. The van der Waals surface area contributed by atoms with E-state index in [0.717, 1.165) is 18.7 Å². The molecule has 1 aliphatic heterocycles. The molecule has 1 aliphatic rings. The molecule has 0 aromatic heterocycles.